The van der Waals surface area contributed by atoms with Gasteiger partial charge in [0, 0.05) is 38.3 Å². The highest BCUT2D eigenvalue weighted by Gasteiger charge is 2.30. The van der Waals surface area contributed by atoms with Crippen molar-refractivity contribution in [2.75, 3.05) is 39.3 Å². The van der Waals surface area contributed by atoms with Gasteiger partial charge >= 0.3 is 0 Å². The summed E-state index contributed by atoms with van der Waals surface area (Å²) in [6.45, 7) is 6.09. The number of aliphatic hydroxyl groups excluding tert-OH is 1. The molecule has 1 saturated heterocycles. The minimum Gasteiger partial charge on any atom is -0.389 e. The lowest BCUT2D eigenvalue weighted by molar-refractivity contribution is 0.00469. The van der Waals surface area contributed by atoms with Crippen LogP contribution in [-0.2, 0) is 21.4 Å². The molecule has 0 bridgehead atoms. The Morgan fingerprint density at radius 1 is 1.10 bits per heavy atom. The zero-order chi connectivity index (χ0) is 21.7. The molecule has 8 heteroatoms. The van der Waals surface area contributed by atoms with Crippen molar-refractivity contribution in [3.63, 3.8) is 0 Å². The van der Waals surface area contributed by atoms with Crippen LogP contribution in [0.1, 0.15) is 16.7 Å². The smallest absolute Gasteiger partial charge is 0.243 e. The quantitative estimate of drug-likeness (QED) is 0.688. The van der Waals surface area contributed by atoms with E-state index >= 15 is 0 Å². The largest absolute Gasteiger partial charge is 0.389 e. The summed E-state index contributed by atoms with van der Waals surface area (Å²) in [6, 6.07) is 11.8. The first-order valence-electron chi connectivity index (χ1n) is 10.1. The molecule has 6 nitrogen and oxygen atoms in total. The first kappa shape index (κ1) is 22.8. The molecule has 2 aromatic carbocycles. The molecule has 30 heavy (non-hydrogen) atoms. The lowest BCUT2D eigenvalue weighted by Crippen LogP contribution is -2.50. The number of piperazine rings is 1. The number of rotatable bonds is 8. The second-order valence-electron chi connectivity index (χ2n) is 7.73. The van der Waals surface area contributed by atoms with Crippen LogP contribution in [0.25, 0.3) is 0 Å². The predicted molar refractivity (Wildman–Crippen MR) is 113 cm³/mol. The van der Waals surface area contributed by atoms with Crippen LogP contribution in [0.15, 0.2) is 47.4 Å². The monoisotopic (exact) mass is 436 g/mol. The van der Waals surface area contributed by atoms with E-state index in [2.05, 4.69) is 0 Å². The van der Waals surface area contributed by atoms with Gasteiger partial charge in [-0.05, 0) is 37.1 Å². The number of β-amino-alcohol motifs (C(OH)–C–C–N with tert-alkyl or cyclic N) is 1. The van der Waals surface area contributed by atoms with Gasteiger partial charge in [-0.1, -0.05) is 30.3 Å². The van der Waals surface area contributed by atoms with Crippen molar-refractivity contribution in [2.45, 2.75) is 31.5 Å². The van der Waals surface area contributed by atoms with E-state index < -0.39 is 16.1 Å². The Morgan fingerprint density at radius 2 is 1.80 bits per heavy atom. The molecule has 1 N–H and O–H groups in total. The van der Waals surface area contributed by atoms with E-state index in [1.807, 2.05) is 24.0 Å². The van der Waals surface area contributed by atoms with E-state index in [-0.39, 0.29) is 19.0 Å². The molecule has 1 heterocycles. The van der Waals surface area contributed by atoms with Crippen molar-refractivity contribution in [3.8, 4) is 0 Å². The Morgan fingerprint density at radius 3 is 2.50 bits per heavy atom. The molecule has 0 aliphatic carbocycles. The fraction of sp³-hybridized carbons (Fsp3) is 0.455. The summed E-state index contributed by atoms with van der Waals surface area (Å²) >= 11 is 0. The van der Waals surface area contributed by atoms with Crippen molar-refractivity contribution >= 4 is 10.0 Å². The first-order valence-corrected chi connectivity index (χ1v) is 11.5. The van der Waals surface area contributed by atoms with Crippen LogP contribution in [0, 0.1) is 19.7 Å². The molecule has 2 aromatic rings. The number of nitrogens with zero attached hydrogens (tertiary/aromatic N) is 2. The zero-order valence-corrected chi connectivity index (χ0v) is 18.2. The molecule has 1 fully saturated rings. The van der Waals surface area contributed by atoms with E-state index in [0.717, 1.165) is 11.1 Å². The van der Waals surface area contributed by atoms with Gasteiger partial charge < -0.3 is 9.84 Å². The topological polar surface area (TPSA) is 70.1 Å². The highest BCUT2D eigenvalue weighted by atomic mass is 32.2. The maximum absolute atomic E-state index is 13.6. The number of aryl methyl sites for hydroxylation is 2. The minimum atomic E-state index is -3.53. The van der Waals surface area contributed by atoms with Crippen LogP contribution in [0.5, 0.6) is 0 Å². The van der Waals surface area contributed by atoms with E-state index in [1.54, 1.807) is 31.2 Å². The van der Waals surface area contributed by atoms with E-state index in [9.17, 15) is 17.9 Å². The van der Waals surface area contributed by atoms with Crippen LogP contribution in [0.2, 0.25) is 0 Å². The molecule has 0 saturated carbocycles. The van der Waals surface area contributed by atoms with Crippen LogP contribution >= 0.6 is 0 Å². The molecular formula is C22H29FN2O4S. The third kappa shape index (κ3) is 5.65. The van der Waals surface area contributed by atoms with Gasteiger partial charge in [-0.3, -0.25) is 4.90 Å². The van der Waals surface area contributed by atoms with Gasteiger partial charge in [0.15, 0.2) is 0 Å². The molecule has 1 aliphatic heterocycles. The van der Waals surface area contributed by atoms with E-state index in [4.69, 9.17) is 4.74 Å². The van der Waals surface area contributed by atoms with Gasteiger partial charge in [-0.15, -0.1) is 0 Å². The summed E-state index contributed by atoms with van der Waals surface area (Å²) < 4.78 is 46.5. The van der Waals surface area contributed by atoms with E-state index in [0.29, 0.717) is 43.2 Å². The molecular weight excluding hydrogens is 407 g/mol. The molecule has 1 atom stereocenters. The minimum absolute atomic E-state index is 0.0926. The maximum Gasteiger partial charge on any atom is 0.243 e. The van der Waals surface area contributed by atoms with Crippen LogP contribution < -0.4 is 0 Å². The van der Waals surface area contributed by atoms with Crippen molar-refractivity contribution in [1.82, 2.24) is 9.21 Å². The van der Waals surface area contributed by atoms with Crippen molar-refractivity contribution in [1.29, 1.82) is 0 Å². The second-order valence-corrected chi connectivity index (χ2v) is 9.64. The van der Waals surface area contributed by atoms with E-state index in [1.165, 1.54) is 10.4 Å². The van der Waals surface area contributed by atoms with Crippen molar-refractivity contribution in [2.24, 2.45) is 0 Å². The average molecular weight is 437 g/mol. The number of hydrogen-bond donors (Lipinski definition) is 1. The van der Waals surface area contributed by atoms with Gasteiger partial charge in [0.2, 0.25) is 10.0 Å². The number of hydrogen-bond acceptors (Lipinski definition) is 5. The maximum atomic E-state index is 13.6. The summed E-state index contributed by atoms with van der Waals surface area (Å²) in [5, 5.41) is 10.2. The molecule has 0 radical (unpaired) electrons. The molecule has 0 spiro atoms. The average Bonchev–Trinajstić information content (AvgIpc) is 2.71. The molecule has 1 aliphatic rings. The Balaban J connectivity index is 1.47. The second kappa shape index (κ2) is 9.98. The van der Waals surface area contributed by atoms with Gasteiger partial charge in [0.1, 0.15) is 5.82 Å². The molecule has 0 aromatic heterocycles. The highest BCUT2D eigenvalue weighted by molar-refractivity contribution is 7.89. The molecule has 164 valence electrons. The van der Waals surface area contributed by atoms with Crippen LogP contribution in [-0.4, -0.2) is 68.2 Å². The number of benzene rings is 2. The van der Waals surface area contributed by atoms with Crippen molar-refractivity contribution in [3.05, 3.63) is 65.0 Å². The fourth-order valence-corrected chi connectivity index (χ4v) is 5.28. The number of halogens is 1. The first-order chi connectivity index (χ1) is 14.3. The normalized spacial score (nSPS) is 17.2. The molecule has 3 rings (SSSR count). The predicted octanol–water partition coefficient (Wildman–Crippen LogP) is 2.33. The lowest BCUT2D eigenvalue weighted by atomic mass is 10.2. The van der Waals surface area contributed by atoms with Gasteiger partial charge in [0.05, 0.1) is 24.2 Å². The van der Waals surface area contributed by atoms with Crippen LogP contribution in [0.3, 0.4) is 0 Å². The summed E-state index contributed by atoms with van der Waals surface area (Å²) in [6.07, 6.45) is -0.723. The van der Waals surface area contributed by atoms with Crippen molar-refractivity contribution < 1.29 is 22.7 Å². The Kier molecular flexibility index (Phi) is 7.60. The van der Waals surface area contributed by atoms with Crippen LogP contribution in [0.4, 0.5) is 4.39 Å². The number of sulfonamides is 1. The SMILES string of the molecule is Cc1ccc(C)c(S(=O)(=O)N2CCN(CC(O)COCc3ccccc3F)CC2)c1. The van der Waals surface area contributed by atoms with Gasteiger partial charge in [0.25, 0.3) is 0 Å². The summed E-state index contributed by atoms with van der Waals surface area (Å²) in [5.41, 5.74) is 2.11. The number of ether oxygens (including phenoxy) is 1. The Bertz CT molecular complexity index is 959. The zero-order valence-electron chi connectivity index (χ0n) is 17.4. The third-order valence-corrected chi connectivity index (χ3v) is 7.33. The fourth-order valence-electron chi connectivity index (χ4n) is 3.55. The highest BCUT2D eigenvalue weighted by Crippen LogP contribution is 2.22. The summed E-state index contributed by atoms with van der Waals surface area (Å²) in [7, 11) is -3.53. The number of aliphatic hydroxyl groups is 1. The third-order valence-electron chi connectivity index (χ3n) is 5.29. The Hall–Kier alpha value is -1.84. The molecule has 0 amide bonds. The lowest BCUT2D eigenvalue weighted by Gasteiger charge is -2.35. The Labute approximate surface area is 177 Å². The summed E-state index contributed by atoms with van der Waals surface area (Å²) in [5.74, 6) is -0.326. The summed E-state index contributed by atoms with van der Waals surface area (Å²) in [4.78, 5) is 2.38. The van der Waals surface area contributed by atoms with Gasteiger partial charge in [-0.25, -0.2) is 12.8 Å². The van der Waals surface area contributed by atoms with Gasteiger partial charge in [-0.2, -0.15) is 4.31 Å². The molecule has 1 unspecified atom stereocenters. The standard InChI is InChI=1S/C22H29FN2O4S/c1-17-7-8-18(2)22(13-17)30(27,28)25-11-9-24(10-12-25)14-20(26)16-29-15-19-5-3-4-6-21(19)23/h3-8,13,20,26H,9-12,14-16H2,1-2H3.